The molecule has 4 rings (SSSR count). The molecule has 0 atom stereocenters. The number of carbonyl (C=O) groups excluding carboxylic acids is 5. The van der Waals surface area contributed by atoms with Crippen molar-refractivity contribution in [2.45, 2.75) is 105 Å². The average Bonchev–Trinajstić information content (AvgIpc) is 3.59. The molecule has 18 nitrogen and oxygen atoms in total. The van der Waals surface area contributed by atoms with E-state index in [1.807, 2.05) is 30.3 Å². The summed E-state index contributed by atoms with van der Waals surface area (Å²) < 4.78 is 21.5. The third-order valence-electron chi connectivity index (χ3n) is 8.18. The predicted octanol–water partition coefficient (Wildman–Crippen LogP) is 6.88. The number of nitrogens with zero attached hydrogens (tertiary/aromatic N) is 6. The van der Waals surface area contributed by atoms with E-state index in [1.54, 1.807) is 99.0 Å². The van der Waals surface area contributed by atoms with Crippen molar-refractivity contribution in [2.24, 2.45) is 9.98 Å². The second-order valence-corrected chi connectivity index (χ2v) is 19.2. The molecular weight excluding hydrogens is 795 g/mol. The van der Waals surface area contributed by atoms with Gasteiger partial charge in [-0.25, -0.2) is 19.2 Å². The molecule has 1 aromatic carbocycles. The summed E-state index contributed by atoms with van der Waals surface area (Å²) in [5.41, 5.74) is -1.44. The number of anilines is 3. The number of benzene rings is 1. The number of hydrogen-bond donors (Lipinski definition) is 3. The summed E-state index contributed by atoms with van der Waals surface area (Å²) >= 11 is 1.37. The minimum absolute atomic E-state index is 0.0455. The first-order chi connectivity index (χ1) is 27.7. The summed E-state index contributed by atoms with van der Waals surface area (Å²) in [6, 6.07) is 11.2. The monoisotopic (exact) mass is 855 g/mol. The van der Waals surface area contributed by atoms with Crippen molar-refractivity contribution in [3.05, 3.63) is 41.3 Å². The van der Waals surface area contributed by atoms with Gasteiger partial charge in [0.05, 0.1) is 9.88 Å². The Kier molecular flexibility index (Phi) is 15.1. The molecule has 0 saturated carbocycles. The number of guanidine groups is 2. The highest BCUT2D eigenvalue weighted by Gasteiger charge is 2.29. The third-order valence-corrected chi connectivity index (χ3v) is 9.33. The van der Waals surface area contributed by atoms with Gasteiger partial charge in [0, 0.05) is 63.7 Å². The molecule has 330 valence electrons. The van der Waals surface area contributed by atoms with Crippen LogP contribution in [0.3, 0.4) is 0 Å². The molecule has 0 unspecified atom stereocenters. The van der Waals surface area contributed by atoms with Crippen LogP contribution < -0.4 is 25.8 Å². The number of amides is 5. The molecule has 2 fully saturated rings. The summed E-state index contributed by atoms with van der Waals surface area (Å²) in [6.07, 6.45) is -3.11. The Morgan fingerprint density at radius 1 is 0.533 bits per heavy atom. The minimum Gasteiger partial charge on any atom is -0.444 e. The summed E-state index contributed by atoms with van der Waals surface area (Å²) in [7, 11) is 0. The van der Waals surface area contributed by atoms with Gasteiger partial charge in [-0.05, 0) is 119 Å². The van der Waals surface area contributed by atoms with Gasteiger partial charge in [0.2, 0.25) is 11.9 Å². The molecule has 2 aromatic rings. The van der Waals surface area contributed by atoms with E-state index >= 15 is 0 Å². The number of rotatable bonds is 4. The van der Waals surface area contributed by atoms with Crippen molar-refractivity contribution in [3.63, 3.8) is 0 Å². The van der Waals surface area contributed by atoms with Crippen LogP contribution in [0.1, 0.15) is 92.8 Å². The van der Waals surface area contributed by atoms with Gasteiger partial charge in [-0.3, -0.25) is 15.4 Å². The molecule has 2 aliphatic rings. The average molecular weight is 856 g/mol. The molecule has 0 aliphatic carbocycles. The van der Waals surface area contributed by atoms with Crippen LogP contribution in [0.2, 0.25) is 0 Å². The molecular formula is C41H61N9O9S. The molecule has 3 N–H and O–H groups in total. The highest BCUT2D eigenvalue weighted by atomic mass is 32.1. The lowest BCUT2D eigenvalue weighted by Gasteiger charge is -2.37. The number of aliphatic imine (C=N–C) groups is 2. The fourth-order valence-corrected chi connectivity index (χ4v) is 6.72. The molecule has 60 heavy (non-hydrogen) atoms. The maximum absolute atomic E-state index is 13.3. The fraction of sp³-hybridized carbons (Fsp3) is 0.585. The lowest BCUT2D eigenvalue weighted by molar-refractivity contribution is 0.0535. The summed E-state index contributed by atoms with van der Waals surface area (Å²) in [5, 5.41) is 9.11. The van der Waals surface area contributed by atoms with Gasteiger partial charge in [-0.1, -0.05) is 0 Å². The van der Waals surface area contributed by atoms with E-state index < -0.39 is 46.8 Å². The highest BCUT2D eigenvalue weighted by molar-refractivity contribution is 7.18. The smallest absolute Gasteiger partial charge is 0.437 e. The lowest BCUT2D eigenvalue weighted by atomic mass is 10.2. The van der Waals surface area contributed by atoms with E-state index in [9.17, 15) is 24.0 Å². The largest absolute Gasteiger partial charge is 0.444 e. The van der Waals surface area contributed by atoms with E-state index in [2.05, 4.69) is 35.7 Å². The maximum atomic E-state index is 13.3. The highest BCUT2D eigenvalue weighted by Crippen LogP contribution is 2.28. The van der Waals surface area contributed by atoms with Crippen molar-refractivity contribution in [1.29, 1.82) is 0 Å². The molecule has 5 amide bonds. The molecule has 2 aliphatic heterocycles. The number of ether oxygens (including phenoxy) is 4. The number of thiophene rings is 1. The maximum Gasteiger partial charge on any atom is 0.437 e. The summed E-state index contributed by atoms with van der Waals surface area (Å²) in [4.78, 5) is 80.3. The van der Waals surface area contributed by atoms with E-state index in [4.69, 9.17) is 18.9 Å². The molecule has 0 bridgehead atoms. The van der Waals surface area contributed by atoms with Crippen LogP contribution in [-0.2, 0) is 18.9 Å². The Labute approximate surface area is 356 Å². The van der Waals surface area contributed by atoms with Crippen LogP contribution in [0.5, 0.6) is 0 Å². The first kappa shape index (κ1) is 47.1. The number of piperazine rings is 2. The van der Waals surface area contributed by atoms with Crippen LogP contribution in [0.4, 0.5) is 35.6 Å². The van der Waals surface area contributed by atoms with Gasteiger partial charge >= 0.3 is 24.4 Å². The SMILES string of the molecule is CC(C)(C)OC(=O)/N=C(/NC(=O)OC(C)(C)C)N1CCN(c2ccc(NC(=O)c3ccc(N4CCN(/C(=N\C(=O)OC(C)(C)C)NC(=O)OC(C)(C)C)CC4)s3)cc2)CC1. The van der Waals surface area contributed by atoms with Crippen LogP contribution >= 0.6 is 11.3 Å². The van der Waals surface area contributed by atoms with Gasteiger partial charge in [0.15, 0.2) is 0 Å². The van der Waals surface area contributed by atoms with Crippen molar-refractivity contribution >= 4 is 69.9 Å². The minimum atomic E-state index is -0.828. The number of alkyl carbamates (subject to hydrolysis) is 2. The van der Waals surface area contributed by atoms with Gasteiger partial charge in [0.1, 0.15) is 22.4 Å². The normalized spacial score (nSPS) is 15.9. The van der Waals surface area contributed by atoms with E-state index in [-0.39, 0.29) is 17.8 Å². The third kappa shape index (κ3) is 15.9. The van der Waals surface area contributed by atoms with Crippen molar-refractivity contribution in [2.75, 3.05) is 67.5 Å². The Morgan fingerprint density at radius 2 is 0.933 bits per heavy atom. The van der Waals surface area contributed by atoms with Gasteiger partial charge in [-0.2, -0.15) is 0 Å². The first-order valence-electron chi connectivity index (χ1n) is 19.9. The van der Waals surface area contributed by atoms with Gasteiger partial charge in [0.25, 0.3) is 5.91 Å². The molecule has 19 heteroatoms. The lowest BCUT2D eigenvalue weighted by Crippen LogP contribution is -2.54. The zero-order chi connectivity index (χ0) is 44.6. The van der Waals surface area contributed by atoms with Crippen molar-refractivity contribution in [1.82, 2.24) is 20.4 Å². The first-order valence-corrected chi connectivity index (χ1v) is 20.7. The molecule has 3 heterocycles. The molecule has 0 radical (unpaired) electrons. The predicted molar refractivity (Wildman–Crippen MR) is 232 cm³/mol. The summed E-state index contributed by atoms with van der Waals surface area (Å²) in [6.45, 7) is 24.9. The van der Waals surface area contributed by atoms with Crippen LogP contribution in [0, 0.1) is 0 Å². The quantitative estimate of drug-likeness (QED) is 0.164. The Morgan fingerprint density at radius 3 is 1.33 bits per heavy atom. The van der Waals surface area contributed by atoms with E-state index in [0.717, 1.165) is 10.7 Å². The van der Waals surface area contributed by atoms with Crippen LogP contribution in [0.25, 0.3) is 0 Å². The number of carbonyl (C=O) groups is 5. The molecule has 0 spiro atoms. The fourth-order valence-electron chi connectivity index (χ4n) is 5.77. The van der Waals surface area contributed by atoms with E-state index in [1.165, 1.54) is 11.3 Å². The Bertz CT molecular complexity index is 1900. The van der Waals surface area contributed by atoms with Crippen LogP contribution in [0.15, 0.2) is 46.4 Å². The number of nitrogens with one attached hydrogen (secondary N) is 3. The topological polar surface area (TPSA) is 196 Å². The van der Waals surface area contributed by atoms with Gasteiger partial charge < -0.3 is 43.9 Å². The number of hydrogen-bond acceptors (Lipinski definition) is 12. The van der Waals surface area contributed by atoms with Gasteiger partial charge in [-0.15, -0.1) is 21.3 Å². The van der Waals surface area contributed by atoms with E-state index in [0.29, 0.717) is 62.9 Å². The molecule has 1 aromatic heterocycles. The van der Waals surface area contributed by atoms with Crippen molar-refractivity contribution in [3.8, 4) is 0 Å². The van der Waals surface area contributed by atoms with Crippen LogP contribution in [-0.4, -0.2) is 127 Å². The second kappa shape index (κ2) is 19.2. The zero-order valence-corrected chi connectivity index (χ0v) is 37.7. The zero-order valence-electron chi connectivity index (χ0n) is 36.9. The summed E-state index contributed by atoms with van der Waals surface area (Å²) in [5.74, 6) is -0.139. The van der Waals surface area contributed by atoms with Crippen molar-refractivity contribution < 1.29 is 42.9 Å². The Hall–Kier alpha value is -5.59. The standard InChI is InChI=1S/C41H61N9O9S/c1-38(2,3)56-34(52)43-32(44-35(53)57-39(4,5)6)49-23-19-47(20-24-49)28-15-13-27(14-16-28)42-31(51)29-17-18-30(60-29)48-21-25-50(26-22-48)33(45-36(54)58-40(7,8)9)46-37(55)59-41(10,11)12/h13-18H,19-26H2,1-12H3,(H,42,51)(H,43,44,52,53)(H,45,46,54,55). The second-order valence-electron chi connectivity index (χ2n) is 18.2. The molecule has 2 saturated heterocycles. The Balaban J connectivity index is 1.33.